The van der Waals surface area contributed by atoms with Crippen LogP contribution in [-0.4, -0.2) is 40.1 Å². The number of piperidine rings is 1. The van der Waals surface area contributed by atoms with E-state index in [2.05, 4.69) is 6.07 Å². The van der Waals surface area contributed by atoms with Crippen LogP contribution in [0.15, 0.2) is 0 Å². The summed E-state index contributed by atoms with van der Waals surface area (Å²) in [6.07, 6.45) is 6.76. The Morgan fingerprint density at radius 3 is 2.74 bits per heavy atom. The number of rotatable bonds is 2. The molecule has 1 unspecified atom stereocenters. The molecule has 1 amide bonds. The predicted octanol–water partition coefficient (Wildman–Crippen LogP) is 1.77. The number of nitrogens with two attached hydrogens (primary N) is 1. The van der Waals surface area contributed by atoms with E-state index in [1.165, 1.54) is 0 Å². The molecule has 1 aliphatic heterocycles. The van der Waals surface area contributed by atoms with Crippen molar-refractivity contribution >= 4 is 5.91 Å². The molecule has 1 saturated heterocycles. The van der Waals surface area contributed by atoms with E-state index in [1.807, 2.05) is 0 Å². The molecule has 2 saturated carbocycles. The molecular weight excluding hydrogens is 290 g/mol. The molecular formula is C18H28N3O2. The van der Waals surface area contributed by atoms with Gasteiger partial charge in [0.25, 0.3) is 0 Å². The molecule has 2 aliphatic carbocycles. The van der Waals surface area contributed by atoms with Crippen molar-refractivity contribution in [1.29, 1.82) is 5.26 Å². The SMILES string of the molecule is N#C[C@@H]1C[C@@H]2C[C@@H]2N1C(=O)[C@@H](N)[C]1CCCCCC(O)C1.[CH2].[CH2]. The second-order valence-electron chi connectivity index (χ2n) is 6.78. The highest BCUT2D eigenvalue weighted by Gasteiger charge is 2.55. The molecule has 5 nitrogen and oxygen atoms in total. The highest BCUT2D eigenvalue weighted by atomic mass is 16.3. The predicted molar refractivity (Wildman–Crippen MR) is 88.4 cm³/mol. The lowest BCUT2D eigenvalue weighted by atomic mass is 9.84. The van der Waals surface area contributed by atoms with Gasteiger partial charge in [-0.25, -0.2) is 0 Å². The number of carbonyl (C=O) groups excluding carboxylic acids is 1. The van der Waals surface area contributed by atoms with Gasteiger partial charge in [-0.1, -0.05) is 34.1 Å². The first-order chi connectivity index (χ1) is 10.1. The molecule has 0 bridgehead atoms. The third kappa shape index (κ3) is 4.05. The zero-order valence-corrected chi connectivity index (χ0v) is 13.8. The van der Waals surface area contributed by atoms with Crippen LogP contribution in [0.1, 0.15) is 51.4 Å². The minimum Gasteiger partial charge on any atom is -0.393 e. The normalized spacial score (nSPS) is 34.7. The summed E-state index contributed by atoms with van der Waals surface area (Å²) in [7, 11) is 0. The quantitative estimate of drug-likeness (QED) is 0.812. The molecule has 23 heavy (non-hydrogen) atoms. The summed E-state index contributed by atoms with van der Waals surface area (Å²) in [5, 5.41) is 19.2. The monoisotopic (exact) mass is 318 g/mol. The van der Waals surface area contributed by atoms with Crippen LogP contribution in [0.25, 0.3) is 0 Å². The average Bonchev–Trinajstić information content (AvgIpc) is 3.12. The van der Waals surface area contributed by atoms with Crippen LogP contribution in [0, 0.1) is 38.0 Å². The average molecular weight is 318 g/mol. The maximum atomic E-state index is 12.7. The molecule has 5 heteroatoms. The van der Waals surface area contributed by atoms with Crippen molar-refractivity contribution in [2.45, 2.75) is 75.6 Å². The van der Waals surface area contributed by atoms with E-state index in [4.69, 9.17) is 5.73 Å². The van der Waals surface area contributed by atoms with Crippen LogP contribution in [0.5, 0.6) is 0 Å². The van der Waals surface area contributed by atoms with Gasteiger partial charge in [0.1, 0.15) is 6.04 Å². The van der Waals surface area contributed by atoms with E-state index in [0.29, 0.717) is 12.3 Å². The van der Waals surface area contributed by atoms with Crippen LogP contribution in [0.3, 0.4) is 0 Å². The maximum Gasteiger partial charge on any atom is 0.241 e. The lowest BCUT2D eigenvalue weighted by Crippen LogP contribution is -2.50. The molecule has 0 aromatic carbocycles. The van der Waals surface area contributed by atoms with Crippen LogP contribution < -0.4 is 5.73 Å². The zero-order valence-electron chi connectivity index (χ0n) is 13.8. The number of aliphatic hydroxyl groups excluding tert-OH is 1. The Morgan fingerprint density at radius 1 is 1.30 bits per heavy atom. The van der Waals surface area contributed by atoms with Gasteiger partial charge >= 0.3 is 0 Å². The van der Waals surface area contributed by atoms with Gasteiger partial charge in [-0.15, -0.1) is 0 Å². The van der Waals surface area contributed by atoms with E-state index in [9.17, 15) is 15.2 Å². The minimum absolute atomic E-state index is 0. The Hall–Kier alpha value is -1.12. The van der Waals surface area contributed by atoms with Crippen molar-refractivity contribution in [1.82, 2.24) is 4.90 Å². The molecule has 3 rings (SSSR count). The Bertz CT molecular complexity index is 448. The van der Waals surface area contributed by atoms with E-state index in [0.717, 1.165) is 50.9 Å². The number of aliphatic hydroxyl groups is 1. The smallest absolute Gasteiger partial charge is 0.241 e. The van der Waals surface area contributed by atoms with E-state index in [1.54, 1.807) is 4.90 Å². The highest BCUT2D eigenvalue weighted by molar-refractivity contribution is 5.85. The van der Waals surface area contributed by atoms with Crippen LogP contribution in [-0.2, 0) is 4.79 Å². The third-order valence-corrected chi connectivity index (χ3v) is 5.25. The van der Waals surface area contributed by atoms with Gasteiger partial charge in [0.2, 0.25) is 5.91 Å². The highest BCUT2D eigenvalue weighted by Crippen LogP contribution is 2.48. The van der Waals surface area contributed by atoms with Gasteiger partial charge in [0.05, 0.1) is 18.2 Å². The summed E-state index contributed by atoms with van der Waals surface area (Å²) in [5.41, 5.74) is 6.20. The zero-order chi connectivity index (χ0) is 15.0. The van der Waals surface area contributed by atoms with Crippen LogP contribution in [0.2, 0.25) is 0 Å². The molecule has 3 N–H and O–H groups in total. The number of amides is 1. The molecule has 0 aromatic heterocycles. The van der Waals surface area contributed by atoms with Crippen LogP contribution in [0.4, 0.5) is 0 Å². The standard InChI is InChI=1S/C16H24N3O2.2CH2/c17-9-12-6-11-8-14(11)19(12)16(21)15(18)10-4-2-1-3-5-13(20)7-10;;/h11-15,20H,1-8,18H2;2*1H2/t11-,12+,13?,14+,15+;;/m1../s1. The number of nitriles is 1. The van der Waals surface area contributed by atoms with Crippen molar-refractivity contribution < 1.29 is 9.90 Å². The first-order valence-electron chi connectivity index (χ1n) is 8.12. The van der Waals surface area contributed by atoms with Gasteiger partial charge < -0.3 is 15.7 Å². The van der Waals surface area contributed by atoms with Crippen LogP contribution >= 0.6 is 0 Å². The summed E-state index contributed by atoms with van der Waals surface area (Å²) in [5.74, 6) is 1.38. The van der Waals surface area contributed by atoms with E-state index >= 15 is 0 Å². The van der Waals surface area contributed by atoms with Crippen molar-refractivity contribution in [3.63, 3.8) is 0 Å². The summed E-state index contributed by atoms with van der Waals surface area (Å²) >= 11 is 0. The molecule has 5 atom stereocenters. The molecule has 0 aromatic rings. The van der Waals surface area contributed by atoms with E-state index in [-0.39, 0.29) is 38.9 Å². The number of fused-ring (bicyclic) bond motifs is 1. The molecule has 127 valence electrons. The lowest BCUT2D eigenvalue weighted by molar-refractivity contribution is -0.133. The van der Waals surface area contributed by atoms with Crippen molar-refractivity contribution in [2.75, 3.05) is 0 Å². The van der Waals surface area contributed by atoms with Crippen molar-refractivity contribution in [3.8, 4) is 6.07 Å². The van der Waals surface area contributed by atoms with Crippen molar-refractivity contribution in [2.24, 2.45) is 11.7 Å². The number of likely N-dealkylation sites (tertiary alicyclic amines) is 1. The Balaban J connectivity index is 0.00000132. The summed E-state index contributed by atoms with van der Waals surface area (Å²) < 4.78 is 0. The van der Waals surface area contributed by atoms with Gasteiger partial charge in [0, 0.05) is 12.0 Å². The Morgan fingerprint density at radius 2 is 2.04 bits per heavy atom. The topological polar surface area (TPSA) is 90.4 Å². The van der Waals surface area contributed by atoms with Gasteiger partial charge in [-0.05, 0) is 38.0 Å². The molecule has 3 aliphatic rings. The second-order valence-corrected chi connectivity index (χ2v) is 6.78. The fraction of sp³-hybridized carbons (Fsp3) is 0.722. The lowest BCUT2D eigenvalue weighted by Gasteiger charge is -2.31. The Labute approximate surface area is 140 Å². The molecule has 1 heterocycles. The number of nitrogens with zero attached hydrogens (tertiary/aromatic N) is 2. The summed E-state index contributed by atoms with van der Waals surface area (Å²) in [6, 6.07) is 1.53. The molecule has 5 radical (unpaired) electrons. The second kappa shape index (κ2) is 8.12. The van der Waals surface area contributed by atoms with Crippen molar-refractivity contribution in [3.05, 3.63) is 20.8 Å². The first-order valence-corrected chi connectivity index (χ1v) is 8.12. The third-order valence-electron chi connectivity index (χ3n) is 5.25. The van der Waals surface area contributed by atoms with Gasteiger partial charge in [-0.3, -0.25) is 4.79 Å². The number of hydrogen-bond acceptors (Lipinski definition) is 4. The fourth-order valence-electron chi connectivity index (χ4n) is 3.92. The Kier molecular flexibility index (Phi) is 7.03. The summed E-state index contributed by atoms with van der Waals surface area (Å²) in [4.78, 5) is 14.4. The molecule has 3 fully saturated rings. The summed E-state index contributed by atoms with van der Waals surface area (Å²) in [6.45, 7) is 0. The first kappa shape index (κ1) is 19.9. The number of carbonyl (C=O) groups is 1. The van der Waals surface area contributed by atoms with Gasteiger partial charge in [0.15, 0.2) is 0 Å². The largest absolute Gasteiger partial charge is 0.393 e. The van der Waals surface area contributed by atoms with E-state index < -0.39 is 6.04 Å². The maximum absolute atomic E-state index is 12.7. The molecule has 0 spiro atoms. The fourth-order valence-corrected chi connectivity index (χ4v) is 3.92. The minimum atomic E-state index is -0.645. The number of hydrogen-bond donors (Lipinski definition) is 2. The van der Waals surface area contributed by atoms with Gasteiger partial charge in [-0.2, -0.15) is 5.26 Å².